The summed E-state index contributed by atoms with van der Waals surface area (Å²) in [6.45, 7) is -1.23. The number of hydrogen-bond donors (Lipinski definition) is 9. The second kappa shape index (κ2) is 17.0. The molecule has 2 aromatic rings. The van der Waals surface area contributed by atoms with Gasteiger partial charge in [0.15, 0.2) is 28.8 Å². The maximum Gasteiger partial charge on any atom is 0.229 e. The minimum atomic E-state index is -1.62. The second-order valence-electron chi connectivity index (χ2n) is 11.1. The summed E-state index contributed by atoms with van der Waals surface area (Å²) >= 11 is 0. The topological polar surface area (TPSA) is 255 Å². The summed E-state index contributed by atoms with van der Waals surface area (Å²) in [5.41, 5.74) is 1.03. The van der Waals surface area contributed by atoms with Crippen LogP contribution in [-0.2, 0) is 14.3 Å². The third-order valence-electron chi connectivity index (χ3n) is 7.74. The predicted molar refractivity (Wildman–Crippen MR) is 169 cm³/mol. The van der Waals surface area contributed by atoms with Crippen molar-refractivity contribution in [3.63, 3.8) is 0 Å². The number of carbonyl (C=O) groups is 1. The SMILES string of the molecule is COc1cc(/C=C/C(=O)/C=C(O)/C=C/c2ccc(OC3OC(CO)C(O)C(O)C3O)c(OC)c2)ccc1OC1OC(CO)C(O)C(O)C1O. The summed E-state index contributed by atoms with van der Waals surface area (Å²) in [5.74, 6) is -0.299. The molecule has 10 unspecified atom stereocenters. The molecule has 9 N–H and O–H groups in total. The van der Waals surface area contributed by atoms with Crippen molar-refractivity contribution < 1.29 is 79.2 Å². The Morgan fingerprint density at radius 2 is 1.08 bits per heavy atom. The van der Waals surface area contributed by atoms with E-state index in [4.69, 9.17) is 28.4 Å². The van der Waals surface area contributed by atoms with Gasteiger partial charge in [0.1, 0.15) is 54.6 Å². The second-order valence-corrected chi connectivity index (χ2v) is 11.1. The number of aliphatic hydroxyl groups excluding tert-OH is 9. The van der Waals surface area contributed by atoms with Crippen LogP contribution in [0, 0.1) is 0 Å². The number of carbonyl (C=O) groups excluding carboxylic acids is 1. The maximum atomic E-state index is 12.5. The molecule has 0 aliphatic carbocycles. The molecule has 2 aliphatic heterocycles. The van der Waals surface area contributed by atoms with Crippen LogP contribution in [0.5, 0.6) is 23.0 Å². The minimum Gasteiger partial charge on any atom is -0.508 e. The van der Waals surface area contributed by atoms with E-state index in [0.717, 1.165) is 6.08 Å². The van der Waals surface area contributed by atoms with Crippen molar-refractivity contribution in [2.45, 2.75) is 61.4 Å². The van der Waals surface area contributed by atoms with Gasteiger partial charge < -0.3 is 74.4 Å². The van der Waals surface area contributed by atoms with Crippen LogP contribution >= 0.6 is 0 Å². The van der Waals surface area contributed by atoms with Gasteiger partial charge in [-0.25, -0.2) is 0 Å². The van der Waals surface area contributed by atoms with E-state index in [1.54, 1.807) is 12.1 Å². The van der Waals surface area contributed by atoms with Gasteiger partial charge >= 0.3 is 0 Å². The Morgan fingerprint density at radius 3 is 1.49 bits per heavy atom. The molecule has 16 nitrogen and oxygen atoms in total. The average Bonchev–Trinajstić information content (AvgIpc) is 3.10. The monoisotopic (exact) mass is 692 g/mol. The van der Waals surface area contributed by atoms with Crippen LogP contribution in [-0.4, -0.2) is 141 Å². The number of methoxy groups -OCH3 is 2. The summed E-state index contributed by atoms with van der Waals surface area (Å²) in [5, 5.41) is 89.5. The minimum absolute atomic E-state index is 0.114. The van der Waals surface area contributed by atoms with Gasteiger partial charge in [-0.15, -0.1) is 0 Å². The number of ketones is 1. The molecule has 2 aliphatic rings. The summed E-state index contributed by atoms with van der Waals surface area (Å²) in [6.07, 6.45) is -8.30. The number of benzene rings is 2. The Labute approximate surface area is 280 Å². The fraction of sp³-hybridized carbons (Fsp3) is 0.424. The van der Waals surface area contributed by atoms with Crippen molar-refractivity contribution in [2.24, 2.45) is 0 Å². The number of rotatable bonds is 13. The highest BCUT2D eigenvalue weighted by Crippen LogP contribution is 2.34. The maximum absolute atomic E-state index is 12.5. The highest BCUT2D eigenvalue weighted by molar-refractivity contribution is 6.02. The quantitative estimate of drug-likeness (QED) is 0.0679. The molecular formula is C33H40O16. The van der Waals surface area contributed by atoms with Crippen LogP contribution in [0.25, 0.3) is 12.2 Å². The van der Waals surface area contributed by atoms with Crippen molar-refractivity contribution >= 4 is 17.9 Å². The first-order valence-electron chi connectivity index (χ1n) is 15.0. The first-order chi connectivity index (χ1) is 23.4. The lowest BCUT2D eigenvalue weighted by Crippen LogP contribution is -2.60. The summed E-state index contributed by atoms with van der Waals surface area (Å²) < 4.78 is 32.7. The zero-order chi connectivity index (χ0) is 35.8. The fourth-order valence-corrected chi connectivity index (χ4v) is 4.95. The van der Waals surface area contributed by atoms with E-state index in [2.05, 4.69) is 0 Å². The van der Waals surface area contributed by atoms with Crippen molar-refractivity contribution in [2.75, 3.05) is 27.4 Å². The number of ether oxygens (including phenoxy) is 6. The molecule has 0 bridgehead atoms. The zero-order valence-corrected chi connectivity index (χ0v) is 26.4. The van der Waals surface area contributed by atoms with E-state index in [1.807, 2.05) is 0 Å². The third-order valence-corrected chi connectivity index (χ3v) is 7.74. The predicted octanol–water partition coefficient (Wildman–Crippen LogP) is -1.20. The van der Waals surface area contributed by atoms with Gasteiger partial charge in [0.25, 0.3) is 0 Å². The molecule has 0 aromatic heterocycles. The average molecular weight is 693 g/mol. The van der Waals surface area contributed by atoms with Crippen molar-refractivity contribution in [1.82, 2.24) is 0 Å². The summed E-state index contributed by atoms with van der Waals surface area (Å²) in [7, 11) is 2.72. The molecule has 10 atom stereocenters. The third kappa shape index (κ3) is 9.14. The molecule has 4 rings (SSSR count). The van der Waals surface area contributed by atoms with Gasteiger partial charge in [-0.1, -0.05) is 24.3 Å². The fourth-order valence-electron chi connectivity index (χ4n) is 4.95. The van der Waals surface area contributed by atoms with E-state index in [-0.39, 0.29) is 28.8 Å². The summed E-state index contributed by atoms with van der Waals surface area (Å²) in [4.78, 5) is 12.5. The van der Waals surface area contributed by atoms with Crippen molar-refractivity contribution in [1.29, 1.82) is 0 Å². The Hall–Kier alpha value is -4.07. The molecule has 0 spiro atoms. The van der Waals surface area contributed by atoms with Gasteiger partial charge in [0.05, 0.1) is 27.4 Å². The van der Waals surface area contributed by atoms with E-state index in [1.165, 1.54) is 62.8 Å². The molecule has 2 fully saturated rings. The highest BCUT2D eigenvalue weighted by atomic mass is 16.7. The standard InChI is InChI=1S/C33H40O16/c1-44-22-11-16(5-9-20(22)46-32-30(42)28(40)26(38)24(14-34)48-32)3-7-18(36)13-19(37)8-4-17-6-10-21(23(12-17)45-2)47-33-31(43)29(41)27(39)25(15-35)49-33/h3-13,24-36,38-43H,14-15H2,1-2H3/b7-3+,8-4+,18-13-. The first-order valence-corrected chi connectivity index (χ1v) is 15.0. The van der Waals surface area contributed by atoms with Crippen LogP contribution in [0.15, 0.2) is 60.4 Å². The van der Waals surface area contributed by atoms with E-state index in [9.17, 15) is 50.8 Å². The lowest BCUT2D eigenvalue weighted by atomic mass is 9.99. The highest BCUT2D eigenvalue weighted by Gasteiger charge is 2.46. The van der Waals surface area contributed by atoms with Crippen molar-refractivity contribution in [3.8, 4) is 23.0 Å². The molecule has 0 radical (unpaired) electrons. The van der Waals surface area contributed by atoms with Crippen LogP contribution in [0.1, 0.15) is 11.1 Å². The Kier molecular flexibility index (Phi) is 13.1. The van der Waals surface area contributed by atoms with E-state index in [0.29, 0.717) is 11.1 Å². The Balaban J connectivity index is 1.37. The van der Waals surface area contributed by atoms with Crippen LogP contribution in [0.3, 0.4) is 0 Å². The molecule has 49 heavy (non-hydrogen) atoms. The van der Waals surface area contributed by atoms with Crippen molar-refractivity contribution in [3.05, 3.63) is 71.5 Å². The normalized spacial score (nSPS) is 30.8. The van der Waals surface area contributed by atoms with Gasteiger partial charge in [0.2, 0.25) is 12.6 Å². The van der Waals surface area contributed by atoms with Crippen LogP contribution in [0.2, 0.25) is 0 Å². The number of aliphatic hydroxyl groups is 9. The molecule has 268 valence electrons. The Morgan fingerprint density at radius 1 is 0.653 bits per heavy atom. The molecule has 16 heteroatoms. The zero-order valence-electron chi connectivity index (χ0n) is 26.4. The lowest BCUT2D eigenvalue weighted by Gasteiger charge is -2.39. The smallest absolute Gasteiger partial charge is 0.229 e. The van der Waals surface area contributed by atoms with Gasteiger partial charge in [-0.2, -0.15) is 0 Å². The van der Waals surface area contributed by atoms with E-state index >= 15 is 0 Å². The van der Waals surface area contributed by atoms with Gasteiger partial charge in [-0.05, 0) is 47.5 Å². The molecule has 2 saturated heterocycles. The number of hydrogen-bond acceptors (Lipinski definition) is 16. The molecule has 0 amide bonds. The molecule has 2 heterocycles. The molecule has 2 aromatic carbocycles. The van der Waals surface area contributed by atoms with Gasteiger partial charge in [-0.3, -0.25) is 4.79 Å². The lowest BCUT2D eigenvalue weighted by molar-refractivity contribution is -0.277. The largest absolute Gasteiger partial charge is 0.508 e. The first kappa shape index (κ1) is 37.7. The molecular weight excluding hydrogens is 652 g/mol. The Bertz CT molecular complexity index is 1500. The van der Waals surface area contributed by atoms with E-state index < -0.39 is 80.4 Å². The van der Waals surface area contributed by atoms with Gasteiger partial charge in [0, 0.05) is 6.08 Å². The van der Waals surface area contributed by atoms with Crippen LogP contribution in [0.4, 0.5) is 0 Å². The molecule has 0 saturated carbocycles. The number of allylic oxidation sites excluding steroid dienone is 3. The van der Waals surface area contributed by atoms with Crippen LogP contribution < -0.4 is 18.9 Å². The summed E-state index contributed by atoms with van der Waals surface area (Å²) in [6, 6.07) is 9.13.